The first-order valence-corrected chi connectivity index (χ1v) is 8.85. The van der Waals surface area contributed by atoms with Gasteiger partial charge in [0, 0.05) is 37.6 Å². The lowest BCUT2D eigenvalue weighted by Gasteiger charge is -2.11. The van der Waals surface area contributed by atoms with Gasteiger partial charge in [0.05, 0.1) is 15.6 Å². The van der Waals surface area contributed by atoms with Gasteiger partial charge in [-0.2, -0.15) is 0 Å². The zero-order valence-electron chi connectivity index (χ0n) is 14.4. The van der Waals surface area contributed by atoms with E-state index in [1.807, 2.05) is 24.3 Å². The molecule has 0 amide bonds. The van der Waals surface area contributed by atoms with Crippen LogP contribution in [0.1, 0.15) is 24.2 Å². The highest BCUT2D eigenvalue weighted by atomic mass is 35.5. The van der Waals surface area contributed by atoms with Gasteiger partial charge in [-0.3, -0.25) is 20.1 Å². The second kappa shape index (κ2) is 11.0. The van der Waals surface area contributed by atoms with Crippen molar-refractivity contribution < 1.29 is 4.92 Å². The summed E-state index contributed by atoms with van der Waals surface area (Å²) in [6, 6.07) is 9.33. The molecule has 0 radical (unpaired) electrons. The van der Waals surface area contributed by atoms with Crippen LogP contribution in [0.4, 0.5) is 0 Å². The summed E-state index contributed by atoms with van der Waals surface area (Å²) < 4.78 is 0. The Morgan fingerprint density at radius 2 is 1.88 bits per heavy atom. The number of rotatable bonds is 11. The van der Waals surface area contributed by atoms with Gasteiger partial charge in [0.2, 0.25) is 0 Å². The Balaban J connectivity index is 1.70. The average Bonchev–Trinajstić information content (AvgIpc) is 2.63. The Morgan fingerprint density at radius 3 is 2.62 bits per heavy atom. The van der Waals surface area contributed by atoms with Gasteiger partial charge in [-0.1, -0.05) is 17.7 Å². The molecule has 2 N–H and O–H groups in total. The summed E-state index contributed by atoms with van der Waals surface area (Å²) in [5, 5.41) is 17.6. The van der Waals surface area contributed by atoms with Crippen molar-refractivity contribution in [3.63, 3.8) is 0 Å². The summed E-state index contributed by atoms with van der Waals surface area (Å²) >= 11 is 6.08. The normalized spacial score (nSPS) is 11.2. The maximum Gasteiger partial charge on any atom is 0.274 e. The Morgan fingerprint density at radius 1 is 1.08 bits per heavy atom. The molecule has 0 atom stereocenters. The standard InChI is InChI=1S/C18H22ClN5O2/c19-16-7-5-12-21-17(16)8-2-4-11-22-18(14-24(25)26)23-13-9-15-6-1-3-10-20-15/h1,3,5-7,10,12,14,22-23H,2,4,8-9,11,13H2. The van der Waals surface area contributed by atoms with Gasteiger partial charge in [-0.05, 0) is 43.5 Å². The van der Waals surface area contributed by atoms with Crippen LogP contribution in [0.5, 0.6) is 0 Å². The molecule has 8 heteroatoms. The predicted octanol–water partition coefficient (Wildman–Crippen LogP) is 2.95. The molecule has 0 aromatic carbocycles. The SMILES string of the molecule is O=[N+]([O-])C=C(NCCCCc1ncccc1Cl)NCCc1ccccn1. The minimum Gasteiger partial charge on any atom is -0.367 e. The van der Waals surface area contributed by atoms with Gasteiger partial charge in [0.15, 0.2) is 5.82 Å². The van der Waals surface area contributed by atoms with E-state index in [1.165, 1.54) is 0 Å². The van der Waals surface area contributed by atoms with Crippen LogP contribution in [-0.4, -0.2) is 28.0 Å². The number of unbranched alkanes of at least 4 members (excludes halogenated alkanes) is 1. The molecule has 2 aromatic rings. The first kappa shape index (κ1) is 19.7. The molecule has 138 valence electrons. The van der Waals surface area contributed by atoms with Gasteiger partial charge in [0.25, 0.3) is 6.20 Å². The number of nitro groups is 1. The lowest BCUT2D eigenvalue weighted by atomic mass is 10.2. The first-order valence-electron chi connectivity index (χ1n) is 8.47. The number of hydrogen-bond acceptors (Lipinski definition) is 6. The summed E-state index contributed by atoms with van der Waals surface area (Å²) in [5.41, 5.74) is 1.82. The molecular formula is C18H22ClN5O2. The third-order valence-electron chi connectivity index (χ3n) is 3.65. The lowest BCUT2D eigenvalue weighted by Crippen LogP contribution is -2.29. The Kier molecular flexibility index (Phi) is 8.35. The Bertz CT molecular complexity index is 725. The fraction of sp³-hybridized carbons (Fsp3) is 0.333. The molecule has 0 saturated carbocycles. The van der Waals surface area contributed by atoms with Crippen LogP contribution in [0.2, 0.25) is 5.02 Å². The Hall–Kier alpha value is -2.67. The highest BCUT2D eigenvalue weighted by molar-refractivity contribution is 6.31. The minimum atomic E-state index is -0.468. The van der Waals surface area contributed by atoms with Crippen molar-refractivity contribution in [2.75, 3.05) is 13.1 Å². The van der Waals surface area contributed by atoms with Crippen molar-refractivity contribution in [2.45, 2.75) is 25.7 Å². The molecule has 26 heavy (non-hydrogen) atoms. The average molecular weight is 376 g/mol. The van der Waals surface area contributed by atoms with E-state index in [0.717, 1.165) is 36.9 Å². The number of halogens is 1. The molecule has 2 heterocycles. The zero-order chi connectivity index (χ0) is 18.6. The van der Waals surface area contributed by atoms with Crippen LogP contribution in [0.15, 0.2) is 54.7 Å². The van der Waals surface area contributed by atoms with Gasteiger partial charge < -0.3 is 10.6 Å². The molecule has 2 rings (SSSR count). The second-order valence-electron chi connectivity index (χ2n) is 5.64. The molecule has 0 bridgehead atoms. The summed E-state index contributed by atoms with van der Waals surface area (Å²) in [7, 11) is 0. The molecule has 0 saturated heterocycles. The van der Waals surface area contributed by atoms with Crippen LogP contribution in [0, 0.1) is 10.1 Å². The van der Waals surface area contributed by atoms with Gasteiger partial charge in [-0.25, -0.2) is 0 Å². The number of pyridine rings is 2. The number of nitrogens with zero attached hydrogens (tertiary/aromatic N) is 3. The van der Waals surface area contributed by atoms with E-state index in [0.29, 0.717) is 30.4 Å². The number of aryl methyl sites for hydroxylation is 1. The first-order chi connectivity index (χ1) is 12.6. The third-order valence-corrected chi connectivity index (χ3v) is 3.99. The van der Waals surface area contributed by atoms with E-state index >= 15 is 0 Å². The van der Waals surface area contributed by atoms with Crippen molar-refractivity contribution in [1.29, 1.82) is 0 Å². The van der Waals surface area contributed by atoms with Crippen LogP contribution >= 0.6 is 11.6 Å². The van der Waals surface area contributed by atoms with Crippen molar-refractivity contribution in [1.82, 2.24) is 20.6 Å². The van der Waals surface area contributed by atoms with Gasteiger partial charge in [0.1, 0.15) is 0 Å². The maximum atomic E-state index is 10.8. The third kappa shape index (κ3) is 7.48. The topological polar surface area (TPSA) is 93.0 Å². The molecule has 0 spiro atoms. The van der Waals surface area contributed by atoms with E-state index in [-0.39, 0.29) is 0 Å². The van der Waals surface area contributed by atoms with E-state index in [4.69, 9.17) is 11.6 Å². The molecule has 0 aliphatic heterocycles. The summed E-state index contributed by atoms with van der Waals surface area (Å²) in [5.74, 6) is 0.404. The zero-order valence-corrected chi connectivity index (χ0v) is 15.2. The quantitative estimate of drug-likeness (QED) is 0.356. The Labute approximate surface area is 157 Å². The van der Waals surface area contributed by atoms with Crippen LogP contribution in [0.25, 0.3) is 0 Å². The molecule has 0 aliphatic rings. The highest BCUT2D eigenvalue weighted by Crippen LogP contribution is 2.14. The van der Waals surface area contributed by atoms with E-state index in [1.54, 1.807) is 18.5 Å². The van der Waals surface area contributed by atoms with E-state index in [9.17, 15) is 10.1 Å². The smallest absolute Gasteiger partial charge is 0.274 e. The largest absolute Gasteiger partial charge is 0.367 e. The molecule has 0 unspecified atom stereocenters. The minimum absolute atomic E-state index is 0.404. The fourth-order valence-electron chi connectivity index (χ4n) is 2.37. The summed E-state index contributed by atoms with van der Waals surface area (Å²) in [4.78, 5) is 18.8. The number of hydrogen-bond donors (Lipinski definition) is 2. The molecule has 0 aliphatic carbocycles. The molecule has 7 nitrogen and oxygen atoms in total. The van der Waals surface area contributed by atoms with Crippen molar-refractivity contribution in [3.05, 3.63) is 81.3 Å². The van der Waals surface area contributed by atoms with Crippen molar-refractivity contribution >= 4 is 11.6 Å². The highest BCUT2D eigenvalue weighted by Gasteiger charge is 2.04. The van der Waals surface area contributed by atoms with E-state index in [2.05, 4.69) is 20.6 Å². The monoisotopic (exact) mass is 375 g/mol. The second-order valence-corrected chi connectivity index (χ2v) is 6.05. The molecular weight excluding hydrogens is 354 g/mol. The van der Waals surface area contributed by atoms with Gasteiger partial charge in [-0.15, -0.1) is 0 Å². The predicted molar refractivity (Wildman–Crippen MR) is 101 cm³/mol. The van der Waals surface area contributed by atoms with Gasteiger partial charge >= 0.3 is 0 Å². The van der Waals surface area contributed by atoms with Crippen molar-refractivity contribution in [3.8, 4) is 0 Å². The fourth-order valence-corrected chi connectivity index (χ4v) is 2.59. The molecule has 0 fully saturated rings. The van der Waals surface area contributed by atoms with Crippen molar-refractivity contribution in [2.24, 2.45) is 0 Å². The number of nitrogens with one attached hydrogen (secondary N) is 2. The number of aromatic nitrogens is 2. The van der Waals surface area contributed by atoms with Crippen LogP contribution in [-0.2, 0) is 12.8 Å². The summed E-state index contributed by atoms with van der Waals surface area (Å²) in [6.45, 7) is 1.19. The molecule has 2 aromatic heterocycles. The maximum absolute atomic E-state index is 10.8. The lowest BCUT2D eigenvalue weighted by molar-refractivity contribution is -0.404. The van der Waals surface area contributed by atoms with Crippen LogP contribution in [0.3, 0.4) is 0 Å². The van der Waals surface area contributed by atoms with E-state index < -0.39 is 4.92 Å². The summed E-state index contributed by atoms with van der Waals surface area (Å²) in [6.07, 6.45) is 7.62. The van der Waals surface area contributed by atoms with Crippen LogP contribution < -0.4 is 10.6 Å².